The number of amides is 1. The number of thiophene rings is 1. The number of thiazole rings is 1. The quantitative estimate of drug-likeness (QED) is 0.542. The van der Waals surface area contributed by atoms with Crippen LogP contribution in [-0.2, 0) is 13.0 Å². The van der Waals surface area contributed by atoms with E-state index in [0.717, 1.165) is 32.2 Å². The second-order valence-electron chi connectivity index (χ2n) is 5.80. The van der Waals surface area contributed by atoms with Gasteiger partial charge in [-0.3, -0.25) is 9.20 Å². The minimum Gasteiger partial charge on any atom is -0.337 e. The van der Waals surface area contributed by atoms with Crippen LogP contribution >= 0.6 is 22.7 Å². The third kappa shape index (κ3) is 2.61. The molecule has 0 radical (unpaired) electrons. The lowest BCUT2D eigenvalue weighted by Gasteiger charge is -2.16. The Morgan fingerprint density at radius 1 is 1.25 bits per heavy atom. The molecule has 0 saturated heterocycles. The molecule has 0 fully saturated rings. The molecule has 122 valence electrons. The van der Waals surface area contributed by atoms with Crippen LogP contribution in [0.3, 0.4) is 0 Å². The minimum absolute atomic E-state index is 0.0431. The first-order valence-electron chi connectivity index (χ1n) is 7.84. The van der Waals surface area contributed by atoms with Crippen molar-refractivity contribution < 1.29 is 4.79 Å². The van der Waals surface area contributed by atoms with E-state index in [2.05, 4.69) is 36.2 Å². The van der Waals surface area contributed by atoms with Crippen LogP contribution < -0.4 is 0 Å². The van der Waals surface area contributed by atoms with E-state index in [1.54, 1.807) is 16.2 Å². The number of fused-ring (bicyclic) bond motifs is 3. The molecule has 0 aliphatic heterocycles. The van der Waals surface area contributed by atoms with Crippen LogP contribution in [0, 0.1) is 0 Å². The van der Waals surface area contributed by atoms with Gasteiger partial charge in [0.2, 0.25) is 0 Å². The molecule has 0 aliphatic carbocycles. The summed E-state index contributed by atoms with van der Waals surface area (Å²) in [6, 6.07) is 10.4. The highest BCUT2D eigenvalue weighted by molar-refractivity contribution is 7.21. The number of hydrogen-bond donors (Lipinski definition) is 0. The van der Waals surface area contributed by atoms with E-state index in [1.807, 2.05) is 29.1 Å². The van der Waals surface area contributed by atoms with Crippen molar-refractivity contribution in [2.24, 2.45) is 0 Å². The summed E-state index contributed by atoms with van der Waals surface area (Å²) in [6.45, 7) is 2.75. The maximum absolute atomic E-state index is 12.7. The van der Waals surface area contributed by atoms with Crippen molar-refractivity contribution in [2.45, 2.75) is 19.9 Å². The SMILES string of the molecule is CCc1ccc(CN(C)C(=O)c2cc3c(nc4sccn43)s2)cc1. The molecule has 0 bridgehead atoms. The van der Waals surface area contributed by atoms with E-state index in [4.69, 9.17) is 0 Å². The van der Waals surface area contributed by atoms with Crippen LogP contribution in [0.2, 0.25) is 0 Å². The molecule has 0 spiro atoms. The Bertz CT molecular complexity index is 1010. The van der Waals surface area contributed by atoms with Crippen LogP contribution in [0.25, 0.3) is 15.3 Å². The number of carbonyl (C=O) groups is 1. The van der Waals surface area contributed by atoms with Gasteiger partial charge in [0.15, 0.2) is 4.96 Å². The number of imidazole rings is 1. The molecular formula is C18H17N3OS2. The summed E-state index contributed by atoms with van der Waals surface area (Å²) in [7, 11) is 1.85. The second kappa shape index (κ2) is 6.03. The van der Waals surface area contributed by atoms with Crippen molar-refractivity contribution in [3.05, 3.63) is 57.9 Å². The monoisotopic (exact) mass is 355 g/mol. The first-order chi connectivity index (χ1) is 11.7. The number of nitrogens with zero attached hydrogens (tertiary/aromatic N) is 3. The molecule has 1 amide bonds. The zero-order valence-electron chi connectivity index (χ0n) is 13.5. The van der Waals surface area contributed by atoms with E-state index in [1.165, 1.54) is 16.9 Å². The van der Waals surface area contributed by atoms with Crippen molar-refractivity contribution in [1.29, 1.82) is 0 Å². The van der Waals surface area contributed by atoms with Crippen LogP contribution in [-0.4, -0.2) is 27.2 Å². The Morgan fingerprint density at radius 3 is 2.75 bits per heavy atom. The third-order valence-electron chi connectivity index (χ3n) is 4.15. The fraction of sp³-hybridized carbons (Fsp3) is 0.222. The summed E-state index contributed by atoms with van der Waals surface area (Å²) in [4.78, 5) is 21.7. The summed E-state index contributed by atoms with van der Waals surface area (Å²) in [5, 5.41) is 2.01. The molecule has 6 heteroatoms. The molecule has 4 aromatic rings. The van der Waals surface area contributed by atoms with Gasteiger partial charge in [0.05, 0.1) is 10.4 Å². The van der Waals surface area contributed by atoms with Crippen LogP contribution in [0.15, 0.2) is 41.9 Å². The maximum Gasteiger partial charge on any atom is 0.264 e. The van der Waals surface area contributed by atoms with Crippen molar-refractivity contribution >= 4 is 43.9 Å². The average molecular weight is 355 g/mol. The molecule has 3 aromatic heterocycles. The van der Waals surface area contributed by atoms with Gasteiger partial charge < -0.3 is 4.90 Å². The van der Waals surface area contributed by atoms with Gasteiger partial charge in [-0.2, -0.15) is 0 Å². The lowest BCUT2D eigenvalue weighted by molar-refractivity contribution is 0.0790. The molecule has 4 rings (SSSR count). The smallest absolute Gasteiger partial charge is 0.264 e. The number of rotatable bonds is 4. The second-order valence-corrected chi connectivity index (χ2v) is 7.70. The Hall–Kier alpha value is -2.18. The summed E-state index contributed by atoms with van der Waals surface area (Å²) in [6.07, 6.45) is 3.02. The van der Waals surface area contributed by atoms with Crippen LogP contribution in [0.1, 0.15) is 27.7 Å². The third-order valence-corrected chi connectivity index (χ3v) is 5.91. The summed E-state index contributed by atoms with van der Waals surface area (Å²) < 4.78 is 2.04. The summed E-state index contributed by atoms with van der Waals surface area (Å²) in [5.74, 6) is 0.0431. The number of carbonyl (C=O) groups excluding carboxylic acids is 1. The molecule has 24 heavy (non-hydrogen) atoms. The first-order valence-corrected chi connectivity index (χ1v) is 9.53. The Kier molecular flexibility index (Phi) is 3.86. The lowest BCUT2D eigenvalue weighted by atomic mass is 10.1. The van der Waals surface area contributed by atoms with Crippen LogP contribution in [0.4, 0.5) is 0 Å². The van der Waals surface area contributed by atoms with Gasteiger partial charge in [0.1, 0.15) is 4.83 Å². The van der Waals surface area contributed by atoms with E-state index < -0.39 is 0 Å². The fourth-order valence-corrected chi connectivity index (χ4v) is 4.56. The molecule has 1 aromatic carbocycles. The molecule has 0 aliphatic rings. The normalized spacial score (nSPS) is 11.4. The van der Waals surface area contributed by atoms with Gasteiger partial charge in [-0.25, -0.2) is 4.98 Å². The van der Waals surface area contributed by atoms with Crippen molar-refractivity contribution in [3.8, 4) is 0 Å². The number of aryl methyl sites for hydroxylation is 1. The predicted molar refractivity (Wildman–Crippen MR) is 100 cm³/mol. The fourth-order valence-electron chi connectivity index (χ4n) is 2.77. The standard InChI is InChI=1S/C18H17N3OS2/c1-3-12-4-6-13(7-5-12)11-20(2)17(22)15-10-14-16(24-15)19-18-21(14)8-9-23-18/h4-10H,3,11H2,1-2H3. The van der Waals surface area contributed by atoms with E-state index >= 15 is 0 Å². The van der Waals surface area contributed by atoms with Gasteiger partial charge in [-0.1, -0.05) is 31.2 Å². The predicted octanol–water partition coefficient (Wildman–Crippen LogP) is 4.45. The number of hydrogen-bond acceptors (Lipinski definition) is 4. The highest BCUT2D eigenvalue weighted by Crippen LogP contribution is 2.29. The molecule has 0 unspecified atom stereocenters. The Balaban J connectivity index is 1.56. The molecule has 0 saturated carbocycles. The Morgan fingerprint density at radius 2 is 2.00 bits per heavy atom. The van der Waals surface area contributed by atoms with Crippen molar-refractivity contribution in [2.75, 3.05) is 7.05 Å². The first kappa shape index (κ1) is 15.4. The zero-order chi connectivity index (χ0) is 16.7. The molecular weight excluding hydrogens is 338 g/mol. The van der Waals surface area contributed by atoms with E-state index in [0.29, 0.717) is 6.54 Å². The highest BCUT2D eigenvalue weighted by Gasteiger charge is 2.18. The molecule has 0 N–H and O–H groups in total. The summed E-state index contributed by atoms with van der Waals surface area (Å²) >= 11 is 3.07. The number of benzene rings is 1. The average Bonchev–Trinajstić information content (AvgIpc) is 3.26. The largest absolute Gasteiger partial charge is 0.337 e. The summed E-state index contributed by atoms with van der Waals surface area (Å²) in [5.41, 5.74) is 3.47. The van der Waals surface area contributed by atoms with Gasteiger partial charge in [-0.15, -0.1) is 22.7 Å². The van der Waals surface area contributed by atoms with Crippen molar-refractivity contribution in [3.63, 3.8) is 0 Å². The van der Waals surface area contributed by atoms with Gasteiger partial charge in [0.25, 0.3) is 5.91 Å². The molecule has 3 heterocycles. The lowest BCUT2D eigenvalue weighted by Crippen LogP contribution is -2.25. The maximum atomic E-state index is 12.7. The number of aromatic nitrogens is 2. The van der Waals surface area contributed by atoms with Gasteiger partial charge >= 0.3 is 0 Å². The van der Waals surface area contributed by atoms with Gasteiger partial charge in [0, 0.05) is 25.2 Å². The van der Waals surface area contributed by atoms with Crippen LogP contribution in [0.5, 0.6) is 0 Å². The van der Waals surface area contributed by atoms with Gasteiger partial charge in [-0.05, 0) is 23.6 Å². The zero-order valence-corrected chi connectivity index (χ0v) is 15.2. The topological polar surface area (TPSA) is 37.6 Å². The molecule has 0 atom stereocenters. The highest BCUT2D eigenvalue weighted by atomic mass is 32.1. The molecule has 4 nitrogen and oxygen atoms in total. The minimum atomic E-state index is 0.0431. The van der Waals surface area contributed by atoms with E-state index in [-0.39, 0.29) is 5.91 Å². The van der Waals surface area contributed by atoms with E-state index in [9.17, 15) is 4.79 Å². The van der Waals surface area contributed by atoms with Crippen molar-refractivity contribution in [1.82, 2.24) is 14.3 Å². The Labute approximate surface area is 148 Å².